The number of hydrogen-bond donors (Lipinski definition) is 2. The van der Waals surface area contributed by atoms with E-state index in [0.717, 1.165) is 17.2 Å². The summed E-state index contributed by atoms with van der Waals surface area (Å²) in [6, 6.07) is 0.213. The van der Waals surface area contributed by atoms with Gasteiger partial charge in [-0.15, -0.1) is 0 Å². The van der Waals surface area contributed by atoms with Gasteiger partial charge in [0.15, 0.2) is 0 Å². The smallest absolute Gasteiger partial charge is 0.103 e. The minimum absolute atomic E-state index is 0.213. The number of aromatic amines is 1. The second-order valence-electron chi connectivity index (χ2n) is 3.55. The molecule has 0 saturated heterocycles. The first-order chi connectivity index (χ1) is 6.06. The number of H-pyrrole nitrogens is 1. The molecule has 1 rings (SSSR count). The number of imidazole rings is 1. The van der Waals surface area contributed by atoms with Gasteiger partial charge in [0, 0.05) is 12.2 Å². The van der Waals surface area contributed by atoms with Crippen LogP contribution in [-0.2, 0) is 0 Å². The lowest BCUT2D eigenvalue weighted by atomic mass is 10.1. The molecule has 0 aliphatic carbocycles. The third-order valence-electron chi connectivity index (χ3n) is 2.20. The Bertz CT molecular complexity index is 277. The van der Waals surface area contributed by atoms with Gasteiger partial charge in [0.25, 0.3) is 0 Å². The minimum Gasteiger partial charge on any atom is -0.346 e. The van der Waals surface area contributed by atoms with Crippen LogP contribution in [0.25, 0.3) is 0 Å². The van der Waals surface area contributed by atoms with Gasteiger partial charge < -0.3 is 10.7 Å². The molecule has 1 aromatic rings. The SMILES string of the molecule is Cc1nc(C(CN)N(C)C)c(C)[nH]1. The van der Waals surface area contributed by atoms with Crippen LogP contribution in [0.15, 0.2) is 0 Å². The molecule has 1 atom stereocenters. The van der Waals surface area contributed by atoms with Crippen LogP contribution in [0.1, 0.15) is 23.3 Å². The highest BCUT2D eigenvalue weighted by atomic mass is 15.1. The molecule has 3 N–H and O–H groups in total. The molecule has 0 bridgehead atoms. The predicted octanol–water partition coefficient (Wildman–Crippen LogP) is 0.588. The molecule has 0 spiro atoms. The van der Waals surface area contributed by atoms with Crippen LogP contribution in [-0.4, -0.2) is 35.5 Å². The Morgan fingerprint density at radius 2 is 2.08 bits per heavy atom. The Hall–Kier alpha value is -0.870. The van der Waals surface area contributed by atoms with E-state index in [1.54, 1.807) is 0 Å². The zero-order valence-electron chi connectivity index (χ0n) is 8.76. The highest BCUT2D eigenvalue weighted by Gasteiger charge is 2.17. The molecule has 0 aromatic carbocycles. The van der Waals surface area contributed by atoms with Crippen molar-refractivity contribution in [3.63, 3.8) is 0 Å². The molecule has 1 heterocycles. The van der Waals surface area contributed by atoms with E-state index in [-0.39, 0.29) is 6.04 Å². The van der Waals surface area contributed by atoms with Gasteiger partial charge in [0.05, 0.1) is 11.7 Å². The topological polar surface area (TPSA) is 57.9 Å². The lowest BCUT2D eigenvalue weighted by molar-refractivity contribution is 0.300. The van der Waals surface area contributed by atoms with Crippen LogP contribution < -0.4 is 5.73 Å². The molecule has 0 aliphatic heterocycles. The third kappa shape index (κ3) is 2.08. The van der Waals surface area contributed by atoms with Gasteiger partial charge in [-0.25, -0.2) is 4.98 Å². The highest BCUT2D eigenvalue weighted by Crippen LogP contribution is 2.18. The van der Waals surface area contributed by atoms with E-state index in [2.05, 4.69) is 14.9 Å². The van der Waals surface area contributed by atoms with E-state index in [1.807, 2.05) is 27.9 Å². The number of nitrogens with two attached hydrogens (primary N) is 1. The Morgan fingerprint density at radius 3 is 2.38 bits per heavy atom. The molecule has 74 valence electrons. The standard InChI is InChI=1S/C9H18N4/c1-6-9(12-7(2)11-6)8(5-10)13(3)4/h8H,5,10H2,1-4H3,(H,11,12). The molecule has 0 radical (unpaired) electrons. The van der Waals surface area contributed by atoms with Gasteiger partial charge in [-0.3, -0.25) is 4.90 Å². The summed E-state index contributed by atoms with van der Waals surface area (Å²) in [5.74, 6) is 0.952. The first-order valence-corrected chi connectivity index (χ1v) is 4.46. The molecule has 0 saturated carbocycles. The summed E-state index contributed by atoms with van der Waals surface area (Å²) in [6.45, 7) is 4.58. The zero-order chi connectivity index (χ0) is 10.0. The number of hydrogen-bond acceptors (Lipinski definition) is 3. The minimum atomic E-state index is 0.213. The van der Waals surface area contributed by atoms with E-state index >= 15 is 0 Å². The van der Waals surface area contributed by atoms with Gasteiger partial charge in [-0.05, 0) is 27.9 Å². The normalized spacial score (nSPS) is 13.7. The van der Waals surface area contributed by atoms with Gasteiger partial charge in [-0.1, -0.05) is 0 Å². The van der Waals surface area contributed by atoms with Crippen molar-refractivity contribution in [3.8, 4) is 0 Å². The van der Waals surface area contributed by atoms with Crippen molar-refractivity contribution >= 4 is 0 Å². The number of aromatic nitrogens is 2. The summed E-state index contributed by atoms with van der Waals surface area (Å²) in [7, 11) is 4.03. The summed E-state index contributed by atoms with van der Waals surface area (Å²) < 4.78 is 0. The largest absolute Gasteiger partial charge is 0.346 e. The summed E-state index contributed by atoms with van der Waals surface area (Å²) in [4.78, 5) is 9.70. The van der Waals surface area contributed by atoms with Crippen molar-refractivity contribution in [1.29, 1.82) is 0 Å². The molecule has 1 unspecified atom stereocenters. The molecule has 4 nitrogen and oxygen atoms in total. The van der Waals surface area contributed by atoms with Crippen LogP contribution in [0.3, 0.4) is 0 Å². The Morgan fingerprint density at radius 1 is 1.46 bits per heavy atom. The van der Waals surface area contributed by atoms with E-state index in [4.69, 9.17) is 5.73 Å². The van der Waals surface area contributed by atoms with Crippen molar-refractivity contribution < 1.29 is 0 Å². The van der Waals surface area contributed by atoms with E-state index < -0.39 is 0 Å². The van der Waals surface area contributed by atoms with Crippen LogP contribution >= 0.6 is 0 Å². The van der Waals surface area contributed by atoms with Crippen molar-refractivity contribution in [3.05, 3.63) is 17.2 Å². The second-order valence-corrected chi connectivity index (χ2v) is 3.55. The lowest BCUT2D eigenvalue weighted by Crippen LogP contribution is -2.28. The number of aryl methyl sites for hydroxylation is 2. The fraction of sp³-hybridized carbons (Fsp3) is 0.667. The van der Waals surface area contributed by atoms with Gasteiger partial charge in [0.2, 0.25) is 0 Å². The average Bonchev–Trinajstić information content (AvgIpc) is 2.31. The van der Waals surface area contributed by atoms with Crippen LogP contribution in [0.2, 0.25) is 0 Å². The second kappa shape index (κ2) is 3.89. The maximum absolute atomic E-state index is 5.69. The van der Waals surface area contributed by atoms with Crippen LogP contribution in [0.5, 0.6) is 0 Å². The van der Waals surface area contributed by atoms with Gasteiger partial charge in [-0.2, -0.15) is 0 Å². The van der Waals surface area contributed by atoms with Crippen molar-refractivity contribution in [1.82, 2.24) is 14.9 Å². The maximum atomic E-state index is 5.69. The molecule has 0 fully saturated rings. The van der Waals surface area contributed by atoms with E-state index in [9.17, 15) is 0 Å². The van der Waals surface area contributed by atoms with Gasteiger partial charge >= 0.3 is 0 Å². The van der Waals surface area contributed by atoms with Crippen molar-refractivity contribution in [2.24, 2.45) is 5.73 Å². The maximum Gasteiger partial charge on any atom is 0.103 e. The molecule has 4 heteroatoms. The Kier molecular flexibility index (Phi) is 3.06. The predicted molar refractivity (Wildman–Crippen MR) is 53.5 cm³/mol. The first kappa shape index (κ1) is 10.2. The highest BCUT2D eigenvalue weighted by molar-refractivity contribution is 5.17. The lowest BCUT2D eigenvalue weighted by Gasteiger charge is -2.21. The number of nitrogens with zero attached hydrogens (tertiary/aromatic N) is 2. The summed E-state index contributed by atoms with van der Waals surface area (Å²) in [5, 5.41) is 0. The summed E-state index contributed by atoms with van der Waals surface area (Å²) in [5.41, 5.74) is 7.86. The fourth-order valence-corrected chi connectivity index (χ4v) is 1.52. The molecule has 0 amide bonds. The average molecular weight is 182 g/mol. The van der Waals surface area contributed by atoms with Crippen LogP contribution in [0.4, 0.5) is 0 Å². The fourth-order valence-electron chi connectivity index (χ4n) is 1.52. The van der Waals surface area contributed by atoms with E-state index in [0.29, 0.717) is 6.54 Å². The Balaban J connectivity index is 2.97. The third-order valence-corrected chi connectivity index (χ3v) is 2.20. The van der Waals surface area contributed by atoms with Crippen molar-refractivity contribution in [2.75, 3.05) is 20.6 Å². The van der Waals surface area contributed by atoms with E-state index in [1.165, 1.54) is 0 Å². The molecular formula is C9H18N4. The van der Waals surface area contributed by atoms with Crippen LogP contribution in [0, 0.1) is 13.8 Å². The Labute approximate surface area is 79.1 Å². The first-order valence-electron chi connectivity index (χ1n) is 4.46. The van der Waals surface area contributed by atoms with Crippen molar-refractivity contribution in [2.45, 2.75) is 19.9 Å². The monoisotopic (exact) mass is 182 g/mol. The zero-order valence-corrected chi connectivity index (χ0v) is 8.76. The molecular weight excluding hydrogens is 164 g/mol. The molecule has 0 aliphatic rings. The summed E-state index contributed by atoms with van der Waals surface area (Å²) >= 11 is 0. The molecule has 1 aromatic heterocycles. The van der Waals surface area contributed by atoms with Gasteiger partial charge in [0.1, 0.15) is 5.82 Å². The number of nitrogens with one attached hydrogen (secondary N) is 1. The molecule has 13 heavy (non-hydrogen) atoms. The number of likely N-dealkylation sites (N-methyl/N-ethyl adjacent to an activating group) is 1. The quantitative estimate of drug-likeness (QED) is 0.719. The summed E-state index contributed by atoms with van der Waals surface area (Å²) in [6.07, 6.45) is 0. The number of rotatable bonds is 3.